The quantitative estimate of drug-likeness (QED) is 0.299. The number of benzene rings is 1. The number of hydrogen-bond acceptors (Lipinski definition) is 8. The number of carbonyl (C=O) groups excluding carboxylic acids is 1. The molecule has 1 fully saturated rings. The van der Waals surface area contributed by atoms with Gasteiger partial charge in [-0.05, 0) is 42.3 Å². The van der Waals surface area contributed by atoms with Gasteiger partial charge in [-0.25, -0.2) is 4.98 Å². The van der Waals surface area contributed by atoms with Gasteiger partial charge in [0.25, 0.3) is 11.5 Å². The molecule has 34 heavy (non-hydrogen) atoms. The number of rotatable bonds is 7. The number of thiocarbonyl (C=S) groups is 1. The summed E-state index contributed by atoms with van der Waals surface area (Å²) in [5.41, 5.74) is 1.50. The lowest BCUT2D eigenvalue weighted by atomic mass is 10.2. The molecule has 2 aromatic heterocycles. The minimum Gasteiger partial charge on any atom is -0.454 e. The fraction of sp³-hybridized carbons (Fsp3) is 0.250. The summed E-state index contributed by atoms with van der Waals surface area (Å²) in [6.07, 6.45) is 5.21. The molecule has 3 aromatic rings. The number of aromatic nitrogens is 2. The van der Waals surface area contributed by atoms with Gasteiger partial charge in [-0.1, -0.05) is 49.5 Å². The number of carbonyl (C=O) groups is 1. The highest BCUT2D eigenvalue weighted by Crippen LogP contribution is 2.36. The van der Waals surface area contributed by atoms with Crippen molar-refractivity contribution in [2.24, 2.45) is 0 Å². The van der Waals surface area contributed by atoms with Crippen molar-refractivity contribution >= 4 is 51.7 Å². The van der Waals surface area contributed by atoms with Crippen molar-refractivity contribution in [3.8, 4) is 11.5 Å². The summed E-state index contributed by atoms with van der Waals surface area (Å²) in [6, 6.07) is 10.9. The highest BCUT2D eigenvalue weighted by Gasteiger charge is 2.33. The molecule has 0 radical (unpaired) electrons. The molecule has 5 rings (SSSR count). The fourth-order valence-corrected chi connectivity index (χ4v) is 4.98. The number of unbranched alkanes of at least 4 members (excludes halogenated alkanes) is 1. The summed E-state index contributed by atoms with van der Waals surface area (Å²) < 4.78 is 12.7. The van der Waals surface area contributed by atoms with E-state index in [2.05, 4.69) is 17.2 Å². The Labute approximate surface area is 205 Å². The van der Waals surface area contributed by atoms with Gasteiger partial charge in [-0.2, -0.15) is 0 Å². The van der Waals surface area contributed by atoms with Crippen molar-refractivity contribution in [2.45, 2.75) is 26.3 Å². The van der Waals surface area contributed by atoms with Crippen LogP contribution >= 0.6 is 24.0 Å². The molecule has 0 aliphatic carbocycles. The molecule has 1 N–H and O–H groups in total. The van der Waals surface area contributed by atoms with Gasteiger partial charge in [-0.3, -0.25) is 18.9 Å². The van der Waals surface area contributed by atoms with Gasteiger partial charge >= 0.3 is 0 Å². The van der Waals surface area contributed by atoms with E-state index in [4.69, 9.17) is 21.7 Å². The standard InChI is InChI=1S/C24H22N4O4S2/c1-2-3-9-25-21-16(22(29)27-10-5-4-6-20(27)26-21)12-19-23(30)28(24(33)34-19)13-15-7-8-17-18(11-15)32-14-31-17/h4-8,10-12,25H,2-3,9,13-14H2,1H3. The minimum absolute atomic E-state index is 0.187. The molecule has 0 spiro atoms. The fourth-order valence-electron chi connectivity index (χ4n) is 3.74. The van der Waals surface area contributed by atoms with Gasteiger partial charge in [0.2, 0.25) is 6.79 Å². The van der Waals surface area contributed by atoms with Crippen LogP contribution in [0.5, 0.6) is 11.5 Å². The summed E-state index contributed by atoms with van der Waals surface area (Å²) in [4.78, 5) is 33.1. The molecule has 174 valence electrons. The minimum atomic E-state index is -0.246. The third-order valence-corrected chi connectivity index (χ3v) is 6.90. The Morgan fingerprint density at radius 3 is 2.91 bits per heavy atom. The highest BCUT2D eigenvalue weighted by molar-refractivity contribution is 8.26. The SMILES string of the molecule is CCCCNc1nc2ccccn2c(=O)c1C=C1SC(=S)N(Cc2ccc3c(c2)OCO3)C1=O. The van der Waals surface area contributed by atoms with Crippen molar-refractivity contribution in [2.75, 3.05) is 18.7 Å². The molecule has 2 aliphatic rings. The van der Waals surface area contributed by atoms with E-state index >= 15 is 0 Å². The van der Waals surface area contributed by atoms with E-state index in [1.807, 2.05) is 24.3 Å². The summed E-state index contributed by atoms with van der Waals surface area (Å²) in [7, 11) is 0. The van der Waals surface area contributed by atoms with E-state index in [1.54, 1.807) is 24.4 Å². The van der Waals surface area contributed by atoms with Crippen molar-refractivity contribution in [3.05, 3.63) is 69.0 Å². The number of fused-ring (bicyclic) bond motifs is 2. The molecule has 0 bridgehead atoms. The van der Waals surface area contributed by atoms with E-state index in [1.165, 1.54) is 21.1 Å². The summed E-state index contributed by atoms with van der Waals surface area (Å²) in [5, 5.41) is 3.26. The highest BCUT2D eigenvalue weighted by atomic mass is 32.2. The maximum Gasteiger partial charge on any atom is 0.267 e. The summed E-state index contributed by atoms with van der Waals surface area (Å²) in [6.45, 7) is 3.26. The van der Waals surface area contributed by atoms with Crippen molar-refractivity contribution in [3.63, 3.8) is 0 Å². The number of anilines is 1. The van der Waals surface area contributed by atoms with Gasteiger partial charge in [0.15, 0.2) is 11.5 Å². The van der Waals surface area contributed by atoms with Crippen LogP contribution in [0.4, 0.5) is 5.82 Å². The third-order valence-electron chi connectivity index (χ3n) is 5.52. The van der Waals surface area contributed by atoms with Crippen LogP contribution < -0.4 is 20.3 Å². The van der Waals surface area contributed by atoms with Crippen LogP contribution in [0, 0.1) is 0 Å². The zero-order chi connectivity index (χ0) is 23.7. The molecule has 1 amide bonds. The van der Waals surface area contributed by atoms with Gasteiger partial charge in [0, 0.05) is 12.7 Å². The number of nitrogens with one attached hydrogen (secondary N) is 1. The Bertz CT molecular complexity index is 1390. The number of nitrogens with zero attached hydrogens (tertiary/aromatic N) is 3. The summed E-state index contributed by atoms with van der Waals surface area (Å²) in [5.74, 6) is 1.55. The second kappa shape index (κ2) is 9.47. The molecule has 2 aliphatic heterocycles. The normalized spacial score (nSPS) is 16.1. The lowest BCUT2D eigenvalue weighted by molar-refractivity contribution is -0.122. The Hall–Kier alpha value is -3.37. The van der Waals surface area contributed by atoms with Crippen LogP contribution in [0.1, 0.15) is 30.9 Å². The first-order valence-electron chi connectivity index (χ1n) is 10.9. The third kappa shape index (κ3) is 4.26. The first kappa shape index (κ1) is 22.4. The molecular formula is C24H22N4O4S2. The van der Waals surface area contributed by atoms with Crippen LogP contribution in [-0.2, 0) is 11.3 Å². The van der Waals surface area contributed by atoms with Crippen molar-refractivity contribution < 1.29 is 14.3 Å². The monoisotopic (exact) mass is 494 g/mol. The van der Waals surface area contributed by atoms with E-state index in [9.17, 15) is 9.59 Å². The molecule has 4 heterocycles. The summed E-state index contributed by atoms with van der Waals surface area (Å²) >= 11 is 6.68. The number of amides is 1. The predicted octanol–water partition coefficient (Wildman–Crippen LogP) is 4.04. The molecular weight excluding hydrogens is 472 g/mol. The molecule has 0 unspecified atom stereocenters. The van der Waals surface area contributed by atoms with Gasteiger partial charge in [-0.15, -0.1) is 0 Å². The van der Waals surface area contributed by atoms with E-state index in [-0.39, 0.29) is 18.3 Å². The first-order chi connectivity index (χ1) is 16.5. The molecule has 8 nitrogen and oxygen atoms in total. The Balaban J connectivity index is 1.47. The molecule has 1 aromatic carbocycles. The molecule has 0 atom stereocenters. The average molecular weight is 495 g/mol. The first-order valence-corrected chi connectivity index (χ1v) is 12.2. The van der Waals surface area contributed by atoms with Crippen molar-refractivity contribution in [1.29, 1.82) is 0 Å². The molecule has 1 saturated heterocycles. The topological polar surface area (TPSA) is 85.2 Å². The number of ether oxygens (including phenoxy) is 2. The number of thioether (sulfide) groups is 1. The van der Waals surface area contributed by atoms with Gasteiger partial charge < -0.3 is 14.8 Å². The number of pyridine rings is 1. The second-order valence-corrected chi connectivity index (χ2v) is 9.52. The predicted molar refractivity (Wildman–Crippen MR) is 136 cm³/mol. The maximum atomic E-state index is 13.3. The Morgan fingerprint density at radius 1 is 1.21 bits per heavy atom. The maximum absolute atomic E-state index is 13.3. The van der Waals surface area contributed by atoms with E-state index in [0.717, 1.165) is 18.4 Å². The Kier molecular flexibility index (Phi) is 6.25. The largest absolute Gasteiger partial charge is 0.454 e. The lowest BCUT2D eigenvalue weighted by Gasteiger charge is -2.14. The average Bonchev–Trinajstić information content (AvgIpc) is 3.41. The zero-order valence-corrected chi connectivity index (χ0v) is 20.1. The second-order valence-electron chi connectivity index (χ2n) is 7.84. The lowest BCUT2D eigenvalue weighted by Crippen LogP contribution is -2.27. The van der Waals surface area contributed by atoms with Crippen LogP contribution in [0.2, 0.25) is 0 Å². The van der Waals surface area contributed by atoms with Gasteiger partial charge in [0.05, 0.1) is 17.0 Å². The van der Waals surface area contributed by atoms with Gasteiger partial charge in [0.1, 0.15) is 15.8 Å². The van der Waals surface area contributed by atoms with E-state index in [0.29, 0.717) is 50.8 Å². The zero-order valence-electron chi connectivity index (χ0n) is 18.4. The van der Waals surface area contributed by atoms with Crippen LogP contribution in [0.25, 0.3) is 11.7 Å². The smallest absolute Gasteiger partial charge is 0.267 e. The number of hydrogen-bond donors (Lipinski definition) is 1. The van der Waals surface area contributed by atoms with Crippen LogP contribution in [0.15, 0.2) is 52.3 Å². The molecule has 0 saturated carbocycles. The van der Waals surface area contributed by atoms with Crippen molar-refractivity contribution in [1.82, 2.24) is 14.3 Å². The van der Waals surface area contributed by atoms with Crippen LogP contribution in [-0.4, -0.2) is 37.8 Å². The van der Waals surface area contributed by atoms with E-state index < -0.39 is 0 Å². The Morgan fingerprint density at radius 2 is 2.06 bits per heavy atom. The molecule has 10 heteroatoms. The van der Waals surface area contributed by atoms with Crippen LogP contribution in [0.3, 0.4) is 0 Å².